The highest BCUT2D eigenvalue weighted by atomic mass is 16.1. The molecule has 0 aliphatic heterocycles. The van der Waals surface area contributed by atoms with Crippen LogP contribution in [0.3, 0.4) is 0 Å². The molecule has 3 nitrogen and oxygen atoms in total. The molecule has 0 amide bonds. The van der Waals surface area contributed by atoms with Gasteiger partial charge in [-0.2, -0.15) is 5.10 Å². The Labute approximate surface area is 100 Å². The van der Waals surface area contributed by atoms with Crippen molar-refractivity contribution in [1.29, 1.82) is 0 Å². The Morgan fingerprint density at radius 1 is 1.35 bits per heavy atom. The van der Waals surface area contributed by atoms with Gasteiger partial charge in [0.15, 0.2) is 5.78 Å². The Bertz CT molecular complexity index is 544. The van der Waals surface area contributed by atoms with Gasteiger partial charge in [0.2, 0.25) is 0 Å². The van der Waals surface area contributed by atoms with Crippen molar-refractivity contribution in [3.8, 4) is 0 Å². The summed E-state index contributed by atoms with van der Waals surface area (Å²) < 4.78 is 1.67. The summed E-state index contributed by atoms with van der Waals surface area (Å²) in [5.41, 5.74) is 2.01. The highest BCUT2D eigenvalue weighted by Crippen LogP contribution is 2.48. The molecular formula is C14H14N2O. The van der Waals surface area contributed by atoms with Crippen molar-refractivity contribution in [2.75, 3.05) is 0 Å². The van der Waals surface area contributed by atoms with Crippen molar-refractivity contribution in [2.45, 2.75) is 12.3 Å². The van der Waals surface area contributed by atoms with E-state index in [4.69, 9.17) is 0 Å². The van der Waals surface area contributed by atoms with Crippen LogP contribution >= 0.6 is 0 Å². The fourth-order valence-electron chi connectivity index (χ4n) is 2.32. The van der Waals surface area contributed by atoms with Gasteiger partial charge in [-0.3, -0.25) is 9.48 Å². The number of ketones is 1. The van der Waals surface area contributed by atoms with Crippen molar-refractivity contribution >= 4 is 5.78 Å². The third-order valence-electron chi connectivity index (χ3n) is 3.34. The fraction of sp³-hybridized carbons (Fsp3) is 0.286. The minimum absolute atomic E-state index is 0.154. The molecule has 2 unspecified atom stereocenters. The lowest BCUT2D eigenvalue weighted by atomic mass is 10.1. The molecule has 2 atom stereocenters. The maximum absolute atomic E-state index is 12.2. The predicted molar refractivity (Wildman–Crippen MR) is 64.8 cm³/mol. The largest absolute Gasteiger partial charge is 0.294 e. The van der Waals surface area contributed by atoms with Crippen LogP contribution in [0, 0.1) is 5.92 Å². The number of Topliss-reactive ketones (excluding diaryl/α,β-unsaturated/α-hetero) is 1. The summed E-state index contributed by atoms with van der Waals surface area (Å²) in [5, 5.41) is 4.04. The zero-order valence-electron chi connectivity index (χ0n) is 9.71. The summed E-state index contributed by atoms with van der Waals surface area (Å²) >= 11 is 0. The number of carbonyl (C=O) groups excluding carboxylic acids is 1. The smallest absolute Gasteiger partial charge is 0.169 e. The zero-order valence-corrected chi connectivity index (χ0v) is 9.71. The molecule has 0 spiro atoms. The molecule has 0 bridgehead atoms. The van der Waals surface area contributed by atoms with Gasteiger partial charge in [0.05, 0.1) is 11.8 Å². The van der Waals surface area contributed by atoms with Crippen molar-refractivity contribution < 1.29 is 4.79 Å². The third-order valence-corrected chi connectivity index (χ3v) is 3.34. The van der Waals surface area contributed by atoms with E-state index in [2.05, 4.69) is 17.2 Å². The summed E-state index contributed by atoms with van der Waals surface area (Å²) in [6.07, 6.45) is 4.42. The highest BCUT2D eigenvalue weighted by Gasteiger charge is 2.44. The van der Waals surface area contributed by atoms with Crippen LogP contribution in [-0.2, 0) is 7.05 Å². The first-order chi connectivity index (χ1) is 8.25. The Hall–Kier alpha value is -1.90. The van der Waals surface area contributed by atoms with E-state index in [0.717, 1.165) is 12.0 Å². The molecule has 0 radical (unpaired) electrons. The molecule has 1 fully saturated rings. The Balaban J connectivity index is 1.75. The molecule has 1 aromatic heterocycles. The minimum atomic E-state index is 0.154. The Morgan fingerprint density at radius 2 is 2.12 bits per heavy atom. The number of carbonyl (C=O) groups is 1. The summed E-state index contributed by atoms with van der Waals surface area (Å²) in [7, 11) is 1.83. The van der Waals surface area contributed by atoms with Crippen molar-refractivity contribution in [1.82, 2.24) is 9.78 Å². The lowest BCUT2D eigenvalue weighted by Gasteiger charge is -1.98. The van der Waals surface area contributed by atoms with Crippen molar-refractivity contribution in [3.05, 3.63) is 53.9 Å². The van der Waals surface area contributed by atoms with E-state index in [1.54, 1.807) is 17.1 Å². The van der Waals surface area contributed by atoms with E-state index in [9.17, 15) is 4.79 Å². The van der Waals surface area contributed by atoms with Gasteiger partial charge in [-0.25, -0.2) is 0 Å². The van der Waals surface area contributed by atoms with E-state index >= 15 is 0 Å². The number of rotatable bonds is 3. The molecule has 3 rings (SSSR count). The molecule has 17 heavy (non-hydrogen) atoms. The maximum atomic E-state index is 12.2. The second-order valence-electron chi connectivity index (χ2n) is 4.63. The maximum Gasteiger partial charge on any atom is 0.169 e. The van der Waals surface area contributed by atoms with Crippen LogP contribution < -0.4 is 0 Å². The van der Waals surface area contributed by atoms with E-state index in [-0.39, 0.29) is 11.7 Å². The van der Waals surface area contributed by atoms with Gasteiger partial charge in [0, 0.05) is 19.2 Å². The topological polar surface area (TPSA) is 34.9 Å². The number of hydrogen-bond acceptors (Lipinski definition) is 2. The van der Waals surface area contributed by atoms with Crippen molar-refractivity contribution in [2.24, 2.45) is 13.0 Å². The minimum Gasteiger partial charge on any atom is -0.294 e. The van der Waals surface area contributed by atoms with E-state index in [1.165, 1.54) is 5.56 Å². The molecular weight excluding hydrogens is 212 g/mol. The number of hydrogen-bond donors (Lipinski definition) is 0. The molecule has 1 saturated carbocycles. The summed E-state index contributed by atoms with van der Waals surface area (Å²) in [6, 6.07) is 10.3. The standard InChI is InChI=1S/C14H14N2O/c1-16-9-11(8-15-16)14(17)13-7-12(13)10-5-3-2-4-6-10/h2-6,8-9,12-13H,7H2,1H3. The summed E-state index contributed by atoms with van der Waals surface area (Å²) in [6.45, 7) is 0. The number of benzene rings is 1. The first kappa shape index (κ1) is 10.3. The normalized spacial score (nSPS) is 22.4. The SMILES string of the molecule is Cn1cc(C(=O)C2CC2c2ccccc2)cn1. The first-order valence-electron chi connectivity index (χ1n) is 5.83. The monoisotopic (exact) mass is 226 g/mol. The molecule has 0 N–H and O–H groups in total. The van der Waals surface area contributed by atoms with Crippen LogP contribution in [-0.4, -0.2) is 15.6 Å². The van der Waals surface area contributed by atoms with E-state index < -0.39 is 0 Å². The summed E-state index contributed by atoms with van der Waals surface area (Å²) in [4.78, 5) is 12.2. The van der Waals surface area contributed by atoms with Gasteiger partial charge < -0.3 is 0 Å². The molecule has 1 aliphatic carbocycles. The molecule has 1 aromatic carbocycles. The van der Waals surface area contributed by atoms with Gasteiger partial charge in [-0.15, -0.1) is 0 Å². The molecule has 86 valence electrons. The number of aromatic nitrogens is 2. The van der Waals surface area contributed by atoms with Crippen LogP contribution in [0.4, 0.5) is 0 Å². The van der Waals surface area contributed by atoms with Gasteiger partial charge in [0.1, 0.15) is 0 Å². The highest BCUT2D eigenvalue weighted by molar-refractivity contribution is 5.99. The lowest BCUT2D eigenvalue weighted by Crippen LogP contribution is -2.01. The van der Waals surface area contributed by atoms with Gasteiger partial charge in [0.25, 0.3) is 0 Å². The predicted octanol–water partition coefficient (Wildman–Crippen LogP) is 2.41. The van der Waals surface area contributed by atoms with Gasteiger partial charge in [-0.1, -0.05) is 30.3 Å². The van der Waals surface area contributed by atoms with Crippen molar-refractivity contribution in [3.63, 3.8) is 0 Å². The average Bonchev–Trinajstić information content (AvgIpc) is 3.05. The third kappa shape index (κ3) is 1.88. The van der Waals surface area contributed by atoms with Crippen LogP contribution in [0.15, 0.2) is 42.7 Å². The fourth-order valence-corrected chi connectivity index (χ4v) is 2.32. The van der Waals surface area contributed by atoms with Crippen LogP contribution in [0.5, 0.6) is 0 Å². The second kappa shape index (κ2) is 3.84. The Morgan fingerprint density at radius 3 is 2.76 bits per heavy atom. The van der Waals surface area contributed by atoms with E-state index in [0.29, 0.717) is 5.92 Å². The van der Waals surface area contributed by atoms with Gasteiger partial charge >= 0.3 is 0 Å². The molecule has 1 heterocycles. The van der Waals surface area contributed by atoms with Crippen LogP contribution in [0.1, 0.15) is 28.3 Å². The average molecular weight is 226 g/mol. The zero-order chi connectivity index (χ0) is 11.8. The number of aryl methyl sites for hydroxylation is 1. The molecule has 0 saturated heterocycles. The van der Waals surface area contributed by atoms with Gasteiger partial charge in [-0.05, 0) is 17.9 Å². The Kier molecular flexibility index (Phi) is 2.32. The molecule has 1 aliphatic rings. The first-order valence-corrected chi connectivity index (χ1v) is 5.83. The quantitative estimate of drug-likeness (QED) is 0.753. The van der Waals surface area contributed by atoms with Crippen LogP contribution in [0.2, 0.25) is 0 Å². The number of nitrogens with zero attached hydrogens (tertiary/aromatic N) is 2. The second-order valence-corrected chi connectivity index (χ2v) is 4.63. The molecule has 3 heteroatoms. The summed E-state index contributed by atoms with van der Waals surface area (Å²) in [5.74, 6) is 0.789. The van der Waals surface area contributed by atoms with E-state index in [1.807, 2.05) is 25.2 Å². The lowest BCUT2D eigenvalue weighted by molar-refractivity contribution is 0.0965. The van der Waals surface area contributed by atoms with Crippen LogP contribution in [0.25, 0.3) is 0 Å². The molecule has 2 aromatic rings.